The summed E-state index contributed by atoms with van der Waals surface area (Å²) < 4.78 is 1.98. The van der Waals surface area contributed by atoms with E-state index in [1.54, 1.807) is 6.33 Å². The van der Waals surface area contributed by atoms with Gasteiger partial charge in [-0.2, -0.15) is 0 Å². The van der Waals surface area contributed by atoms with Crippen LogP contribution in [-0.4, -0.2) is 22.5 Å². The Bertz CT molecular complexity index is 1050. The Labute approximate surface area is 148 Å². The summed E-state index contributed by atoms with van der Waals surface area (Å²) in [5.74, 6) is -0.432. The number of aromatic nitrogens is 2. The number of para-hydroxylation sites is 3. The molecule has 0 aliphatic rings. The van der Waals surface area contributed by atoms with Gasteiger partial charge in [0.25, 0.3) is 5.91 Å². The molecule has 25 heavy (non-hydrogen) atoms. The molecule has 0 spiro atoms. The van der Waals surface area contributed by atoms with Crippen LogP contribution >= 0.6 is 11.3 Å². The van der Waals surface area contributed by atoms with Gasteiger partial charge in [0.05, 0.1) is 16.7 Å². The zero-order valence-corrected chi connectivity index (χ0v) is 14.4. The zero-order valence-electron chi connectivity index (χ0n) is 13.6. The van der Waals surface area contributed by atoms with E-state index in [2.05, 4.69) is 4.98 Å². The molecule has 0 bridgehead atoms. The fourth-order valence-corrected chi connectivity index (χ4v) is 3.86. The van der Waals surface area contributed by atoms with Gasteiger partial charge in [0.2, 0.25) is 0 Å². The van der Waals surface area contributed by atoms with Crippen molar-refractivity contribution < 1.29 is 4.79 Å². The summed E-state index contributed by atoms with van der Waals surface area (Å²) in [6.07, 6.45) is 1.77. The molecule has 124 valence electrons. The van der Waals surface area contributed by atoms with Crippen molar-refractivity contribution in [1.82, 2.24) is 9.55 Å². The highest BCUT2D eigenvalue weighted by molar-refractivity contribution is 7.17. The molecule has 4 aromatic rings. The topological polar surface area (TPSA) is 64.2 Å². The number of hydrogen-bond donors (Lipinski definition) is 1. The minimum atomic E-state index is -0.432. The van der Waals surface area contributed by atoms with Gasteiger partial charge in [0, 0.05) is 12.7 Å². The van der Waals surface area contributed by atoms with Crippen molar-refractivity contribution >= 4 is 39.7 Å². The number of amides is 1. The van der Waals surface area contributed by atoms with Crippen LogP contribution in [0.4, 0.5) is 11.4 Å². The van der Waals surface area contributed by atoms with Crippen LogP contribution in [0, 0.1) is 0 Å². The lowest BCUT2D eigenvalue weighted by atomic mass is 10.2. The first-order chi connectivity index (χ1) is 12.1. The fourth-order valence-electron chi connectivity index (χ4n) is 2.84. The van der Waals surface area contributed by atoms with Crippen LogP contribution in [0.2, 0.25) is 0 Å². The van der Waals surface area contributed by atoms with E-state index in [4.69, 9.17) is 5.73 Å². The second-order valence-corrected chi connectivity index (χ2v) is 6.69. The first kappa shape index (κ1) is 15.4. The molecule has 5 nitrogen and oxygen atoms in total. The number of rotatable bonds is 4. The van der Waals surface area contributed by atoms with E-state index in [1.165, 1.54) is 11.3 Å². The Morgan fingerprint density at radius 1 is 1.12 bits per heavy atom. The number of anilines is 2. The number of imidazole rings is 1. The minimum Gasteiger partial charge on any atom is -0.365 e. The number of hydrogen-bond acceptors (Lipinski definition) is 4. The van der Waals surface area contributed by atoms with Gasteiger partial charge in [-0.3, -0.25) is 9.36 Å². The molecule has 0 aliphatic carbocycles. The number of primary amides is 1. The van der Waals surface area contributed by atoms with Gasteiger partial charge < -0.3 is 10.6 Å². The Hall–Kier alpha value is -3.12. The summed E-state index contributed by atoms with van der Waals surface area (Å²) in [6.45, 7) is 0. The van der Waals surface area contributed by atoms with Crippen LogP contribution in [0.3, 0.4) is 0 Å². The van der Waals surface area contributed by atoms with Crippen molar-refractivity contribution in [1.29, 1.82) is 0 Å². The van der Waals surface area contributed by atoms with E-state index in [9.17, 15) is 4.79 Å². The Balaban J connectivity index is 1.85. The molecule has 0 saturated heterocycles. The predicted molar refractivity (Wildman–Crippen MR) is 102 cm³/mol. The number of benzene rings is 2. The molecule has 4 rings (SSSR count). The third kappa shape index (κ3) is 2.66. The van der Waals surface area contributed by atoms with E-state index in [-0.39, 0.29) is 0 Å². The smallest absolute Gasteiger partial charge is 0.260 e. The van der Waals surface area contributed by atoms with Gasteiger partial charge in [0.15, 0.2) is 0 Å². The van der Waals surface area contributed by atoms with Crippen LogP contribution < -0.4 is 10.6 Å². The molecule has 2 N–H and O–H groups in total. The van der Waals surface area contributed by atoms with Crippen LogP contribution in [0.1, 0.15) is 9.67 Å². The van der Waals surface area contributed by atoms with E-state index < -0.39 is 5.91 Å². The Morgan fingerprint density at radius 2 is 1.84 bits per heavy atom. The number of nitrogens with two attached hydrogens (primary N) is 1. The van der Waals surface area contributed by atoms with Crippen molar-refractivity contribution in [3.8, 4) is 5.00 Å². The van der Waals surface area contributed by atoms with E-state index in [0.29, 0.717) is 4.88 Å². The SMILES string of the molecule is CN(c1ccccc1)c1cc(-n2cnc3ccccc32)sc1C(N)=O. The maximum absolute atomic E-state index is 12.0. The summed E-state index contributed by atoms with van der Waals surface area (Å²) in [5, 5.41) is 0.903. The van der Waals surface area contributed by atoms with E-state index in [1.807, 2.05) is 77.2 Å². The third-order valence-corrected chi connectivity index (χ3v) is 5.26. The highest BCUT2D eigenvalue weighted by Gasteiger charge is 2.19. The second-order valence-electron chi connectivity index (χ2n) is 5.66. The highest BCUT2D eigenvalue weighted by atomic mass is 32.1. The average molecular weight is 348 g/mol. The summed E-state index contributed by atoms with van der Waals surface area (Å²) in [7, 11) is 1.93. The fraction of sp³-hybridized carbons (Fsp3) is 0.0526. The highest BCUT2D eigenvalue weighted by Crippen LogP contribution is 2.36. The summed E-state index contributed by atoms with van der Waals surface area (Å²) in [5.41, 5.74) is 9.31. The number of nitrogens with zero attached hydrogens (tertiary/aromatic N) is 3. The van der Waals surface area contributed by atoms with Crippen LogP contribution in [0.15, 0.2) is 67.0 Å². The molecule has 1 amide bonds. The van der Waals surface area contributed by atoms with Crippen molar-refractivity contribution in [3.63, 3.8) is 0 Å². The maximum Gasteiger partial charge on any atom is 0.260 e. The molecular weight excluding hydrogens is 332 g/mol. The van der Waals surface area contributed by atoms with Crippen molar-refractivity contribution in [2.75, 3.05) is 11.9 Å². The second kappa shape index (κ2) is 6.07. The molecule has 0 aliphatic heterocycles. The first-order valence-electron chi connectivity index (χ1n) is 7.80. The van der Waals surface area contributed by atoms with Crippen molar-refractivity contribution in [2.45, 2.75) is 0 Å². The number of fused-ring (bicyclic) bond motifs is 1. The summed E-state index contributed by atoms with van der Waals surface area (Å²) >= 11 is 1.37. The van der Waals surface area contributed by atoms with Crippen molar-refractivity contribution in [2.24, 2.45) is 5.73 Å². The average Bonchev–Trinajstić information content (AvgIpc) is 3.26. The summed E-state index contributed by atoms with van der Waals surface area (Å²) in [6, 6.07) is 19.8. The summed E-state index contributed by atoms with van der Waals surface area (Å²) in [4.78, 5) is 18.9. The molecular formula is C19H16N4OS. The van der Waals surface area contributed by atoms with Crippen molar-refractivity contribution in [3.05, 3.63) is 71.9 Å². The standard InChI is InChI=1S/C19H16N4OS/c1-22(13-7-3-2-4-8-13)16-11-17(25-18(16)19(20)24)23-12-21-14-9-5-6-10-15(14)23/h2-12H,1H3,(H2,20,24). The normalized spacial score (nSPS) is 10.9. The van der Waals surface area contributed by atoms with Gasteiger partial charge in [-0.15, -0.1) is 11.3 Å². The molecule has 2 aromatic heterocycles. The molecule has 2 aromatic carbocycles. The van der Waals surface area contributed by atoms with Gasteiger partial charge in [-0.25, -0.2) is 4.98 Å². The van der Waals surface area contributed by atoms with Gasteiger partial charge in [-0.05, 0) is 30.3 Å². The number of thiophene rings is 1. The molecule has 0 atom stereocenters. The number of carbonyl (C=O) groups is 1. The molecule has 6 heteroatoms. The van der Waals surface area contributed by atoms with E-state index in [0.717, 1.165) is 27.4 Å². The lowest BCUT2D eigenvalue weighted by molar-refractivity contribution is 0.100. The van der Waals surface area contributed by atoms with Gasteiger partial charge in [0.1, 0.15) is 16.2 Å². The quantitative estimate of drug-likeness (QED) is 0.607. The molecule has 0 saturated carbocycles. The lowest BCUT2D eigenvalue weighted by Crippen LogP contribution is -2.16. The van der Waals surface area contributed by atoms with Crippen LogP contribution in [0.25, 0.3) is 16.0 Å². The molecule has 0 fully saturated rings. The molecule has 0 radical (unpaired) electrons. The lowest BCUT2D eigenvalue weighted by Gasteiger charge is -2.18. The third-order valence-electron chi connectivity index (χ3n) is 4.12. The largest absolute Gasteiger partial charge is 0.365 e. The van der Waals surface area contributed by atoms with Crippen LogP contribution in [-0.2, 0) is 0 Å². The van der Waals surface area contributed by atoms with E-state index >= 15 is 0 Å². The van der Waals surface area contributed by atoms with Crippen LogP contribution in [0.5, 0.6) is 0 Å². The maximum atomic E-state index is 12.0. The Morgan fingerprint density at radius 3 is 2.60 bits per heavy atom. The Kier molecular flexibility index (Phi) is 3.74. The van der Waals surface area contributed by atoms with Gasteiger partial charge in [-0.1, -0.05) is 30.3 Å². The predicted octanol–water partition coefficient (Wildman–Crippen LogP) is 3.95. The number of carbonyl (C=O) groups excluding carboxylic acids is 1. The first-order valence-corrected chi connectivity index (χ1v) is 8.61. The minimum absolute atomic E-state index is 0.432. The zero-order chi connectivity index (χ0) is 17.4. The molecule has 2 heterocycles. The monoisotopic (exact) mass is 348 g/mol. The van der Waals surface area contributed by atoms with Gasteiger partial charge >= 0.3 is 0 Å². The molecule has 0 unspecified atom stereocenters.